The van der Waals surface area contributed by atoms with Crippen molar-refractivity contribution in [3.63, 3.8) is 0 Å². The molecule has 0 atom stereocenters. The summed E-state index contributed by atoms with van der Waals surface area (Å²) < 4.78 is 7.65. The third-order valence-electron chi connectivity index (χ3n) is 4.68. The summed E-state index contributed by atoms with van der Waals surface area (Å²) in [6, 6.07) is 21.4. The molecule has 150 valence electrons. The number of hydrogen-bond donors (Lipinski definition) is 1. The zero-order valence-electron chi connectivity index (χ0n) is 15.8. The summed E-state index contributed by atoms with van der Waals surface area (Å²) in [5, 5.41) is 3.73. The van der Waals surface area contributed by atoms with Crippen LogP contribution in [0.5, 0.6) is 0 Å². The highest BCUT2D eigenvalue weighted by molar-refractivity contribution is 9.10. The Morgan fingerprint density at radius 2 is 1.43 bits per heavy atom. The van der Waals surface area contributed by atoms with Gasteiger partial charge in [-0.2, -0.15) is 0 Å². The van der Waals surface area contributed by atoms with Gasteiger partial charge >= 0.3 is 5.97 Å². The SMILES string of the molecule is O=C(COC(=O)Cn1c2ccccc2c(=O)c2ccccc21)Nc1ccccc1Br. The van der Waals surface area contributed by atoms with Crippen molar-refractivity contribution in [2.75, 3.05) is 11.9 Å². The maximum absolute atomic E-state index is 12.8. The van der Waals surface area contributed by atoms with Gasteiger partial charge in [-0.1, -0.05) is 36.4 Å². The molecule has 4 rings (SSSR count). The molecule has 0 saturated heterocycles. The molecule has 3 aromatic carbocycles. The molecular formula is C23H17BrN2O4. The van der Waals surface area contributed by atoms with Gasteiger partial charge in [-0.15, -0.1) is 0 Å². The van der Waals surface area contributed by atoms with E-state index in [4.69, 9.17) is 4.74 Å². The highest BCUT2D eigenvalue weighted by atomic mass is 79.9. The highest BCUT2D eigenvalue weighted by Gasteiger charge is 2.15. The van der Waals surface area contributed by atoms with Gasteiger partial charge in [0.15, 0.2) is 12.0 Å². The molecule has 6 nitrogen and oxygen atoms in total. The molecule has 0 aliphatic rings. The van der Waals surface area contributed by atoms with Crippen molar-refractivity contribution in [1.82, 2.24) is 4.57 Å². The molecule has 1 aromatic heterocycles. The van der Waals surface area contributed by atoms with Crippen molar-refractivity contribution in [3.8, 4) is 0 Å². The lowest BCUT2D eigenvalue weighted by Crippen LogP contribution is -2.24. The lowest BCUT2D eigenvalue weighted by atomic mass is 10.1. The van der Waals surface area contributed by atoms with Crippen LogP contribution >= 0.6 is 15.9 Å². The standard InChI is InChI=1S/C23H17BrN2O4/c24-17-9-3-4-10-18(17)25-21(27)14-30-22(28)13-26-19-11-5-1-7-15(19)23(29)16-8-2-6-12-20(16)26/h1-12H,13-14H2,(H,25,27). The molecule has 1 N–H and O–H groups in total. The van der Waals surface area contributed by atoms with E-state index < -0.39 is 18.5 Å². The summed E-state index contributed by atoms with van der Waals surface area (Å²) in [5.41, 5.74) is 1.78. The van der Waals surface area contributed by atoms with Gasteiger partial charge in [-0.3, -0.25) is 14.4 Å². The Bertz CT molecular complexity index is 1270. The van der Waals surface area contributed by atoms with Crippen LogP contribution in [0.15, 0.2) is 82.1 Å². The van der Waals surface area contributed by atoms with Gasteiger partial charge in [0.1, 0.15) is 6.54 Å². The second-order valence-corrected chi connectivity index (χ2v) is 7.49. The largest absolute Gasteiger partial charge is 0.454 e. The Kier molecular flexibility index (Phi) is 5.63. The van der Waals surface area contributed by atoms with Gasteiger partial charge < -0.3 is 14.6 Å². The fraction of sp³-hybridized carbons (Fsp3) is 0.0870. The number of nitrogens with one attached hydrogen (secondary N) is 1. The second kappa shape index (κ2) is 8.51. The number of aromatic nitrogens is 1. The van der Waals surface area contributed by atoms with Crippen LogP contribution < -0.4 is 10.7 Å². The number of nitrogens with zero attached hydrogens (tertiary/aromatic N) is 1. The molecule has 0 aliphatic heterocycles. The molecule has 7 heteroatoms. The van der Waals surface area contributed by atoms with Gasteiger partial charge in [-0.25, -0.2) is 0 Å². The number of amides is 1. The summed E-state index contributed by atoms with van der Waals surface area (Å²) in [5.74, 6) is -1.01. The molecule has 0 fully saturated rings. The molecule has 1 heterocycles. The Labute approximate surface area is 180 Å². The van der Waals surface area contributed by atoms with Crippen molar-refractivity contribution in [2.45, 2.75) is 6.54 Å². The van der Waals surface area contributed by atoms with Crippen molar-refractivity contribution in [2.24, 2.45) is 0 Å². The number of esters is 1. The van der Waals surface area contributed by atoms with E-state index in [9.17, 15) is 14.4 Å². The molecule has 4 aromatic rings. The second-order valence-electron chi connectivity index (χ2n) is 6.64. The van der Waals surface area contributed by atoms with Gasteiger partial charge in [-0.05, 0) is 52.3 Å². The average molecular weight is 465 g/mol. The first kappa shape index (κ1) is 19.8. The number of anilines is 1. The first-order valence-electron chi connectivity index (χ1n) is 9.25. The van der Waals surface area contributed by atoms with Crippen LogP contribution in [-0.4, -0.2) is 23.1 Å². The third-order valence-corrected chi connectivity index (χ3v) is 5.37. The number of benzene rings is 3. The molecule has 0 radical (unpaired) electrons. The lowest BCUT2D eigenvalue weighted by molar-refractivity contribution is -0.147. The summed E-state index contributed by atoms with van der Waals surface area (Å²) in [6.07, 6.45) is 0. The van der Waals surface area contributed by atoms with E-state index in [0.29, 0.717) is 27.5 Å². The fourth-order valence-electron chi connectivity index (χ4n) is 3.32. The van der Waals surface area contributed by atoms with Crippen LogP contribution in [0.25, 0.3) is 21.8 Å². The van der Waals surface area contributed by atoms with Crippen molar-refractivity contribution in [1.29, 1.82) is 0 Å². The van der Waals surface area contributed by atoms with Crippen molar-refractivity contribution in [3.05, 3.63) is 87.5 Å². The van der Waals surface area contributed by atoms with E-state index in [0.717, 1.165) is 4.47 Å². The zero-order valence-corrected chi connectivity index (χ0v) is 17.4. The molecule has 0 aliphatic carbocycles. The fourth-order valence-corrected chi connectivity index (χ4v) is 3.70. The number of rotatable bonds is 5. The maximum Gasteiger partial charge on any atom is 0.326 e. The molecule has 30 heavy (non-hydrogen) atoms. The number of para-hydroxylation sites is 3. The highest BCUT2D eigenvalue weighted by Crippen LogP contribution is 2.21. The number of pyridine rings is 1. The van der Waals surface area contributed by atoms with Crippen LogP contribution in [0, 0.1) is 0 Å². The molecular weight excluding hydrogens is 448 g/mol. The van der Waals surface area contributed by atoms with Crippen LogP contribution in [0.3, 0.4) is 0 Å². The number of carbonyl (C=O) groups is 2. The lowest BCUT2D eigenvalue weighted by Gasteiger charge is -2.14. The first-order valence-corrected chi connectivity index (χ1v) is 10.0. The van der Waals surface area contributed by atoms with Crippen molar-refractivity contribution >= 4 is 55.3 Å². The van der Waals surface area contributed by atoms with E-state index in [2.05, 4.69) is 21.2 Å². The minimum Gasteiger partial charge on any atom is -0.454 e. The number of ether oxygens (including phenoxy) is 1. The minimum absolute atomic E-state index is 0.0846. The van der Waals surface area contributed by atoms with E-state index >= 15 is 0 Å². The molecule has 1 amide bonds. The maximum atomic E-state index is 12.8. The molecule has 0 unspecified atom stereocenters. The Morgan fingerprint density at radius 1 is 0.867 bits per heavy atom. The van der Waals surface area contributed by atoms with E-state index in [1.165, 1.54) is 0 Å². The number of fused-ring (bicyclic) bond motifs is 2. The number of hydrogen-bond acceptors (Lipinski definition) is 4. The minimum atomic E-state index is -0.573. The number of carbonyl (C=O) groups excluding carboxylic acids is 2. The Morgan fingerprint density at radius 3 is 2.07 bits per heavy atom. The Hall–Kier alpha value is -3.45. The Balaban J connectivity index is 1.54. The summed E-state index contributed by atoms with van der Waals surface area (Å²) in [7, 11) is 0. The smallest absolute Gasteiger partial charge is 0.326 e. The van der Waals surface area contributed by atoms with E-state index in [1.807, 2.05) is 18.2 Å². The summed E-state index contributed by atoms with van der Waals surface area (Å²) in [4.78, 5) is 37.4. The average Bonchev–Trinajstić information content (AvgIpc) is 2.77. The van der Waals surface area contributed by atoms with E-state index in [1.54, 1.807) is 59.2 Å². The predicted molar refractivity (Wildman–Crippen MR) is 119 cm³/mol. The van der Waals surface area contributed by atoms with Crippen molar-refractivity contribution < 1.29 is 14.3 Å². The summed E-state index contributed by atoms with van der Waals surface area (Å²) >= 11 is 3.35. The van der Waals surface area contributed by atoms with Crippen LogP contribution in [0.1, 0.15) is 0 Å². The zero-order chi connectivity index (χ0) is 21.1. The van der Waals surface area contributed by atoms with Crippen LogP contribution in [-0.2, 0) is 20.9 Å². The molecule has 0 saturated carbocycles. The third kappa shape index (κ3) is 3.97. The monoisotopic (exact) mass is 464 g/mol. The van der Waals surface area contributed by atoms with Crippen LogP contribution in [0.2, 0.25) is 0 Å². The molecule has 0 bridgehead atoms. The predicted octanol–water partition coefficient (Wildman–Crippen LogP) is 4.10. The van der Waals surface area contributed by atoms with Gasteiger partial charge in [0.2, 0.25) is 0 Å². The normalized spacial score (nSPS) is 10.8. The van der Waals surface area contributed by atoms with Gasteiger partial charge in [0.25, 0.3) is 5.91 Å². The van der Waals surface area contributed by atoms with Crippen LogP contribution in [0.4, 0.5) is 5.69 Å². The molecule has 0 spiro atoms. The first-order chi connectivity index (χ1) is 14.5. The van der Waals surface area contributed by atoms with Gasteiger partial charge in [0, 0.05) is 15.2 Å². The summed E-state index contributed by atoms with van der Waals surface area (Å²) in [6.45, 7) is -0.528. The number of halogens is 1. The van der Waals surface area contributed by atoms with Gasteiger partial charge in [0.05, 0.1) is 16.7 Å². The van der Waals surface area contributed by atoms with E-state index in [-0.39, 0.29) is 12.0 Å². The quantitative estimate of drug-likeness (QED) is 0.356. The topological polar surface area (TPSA) is 77.4 Å².